The molecule has 0 saturated carbocycles. The van der Waals surface area contributed by atoms with Gasteiger partial charge in [-0.05, 0) is 56.2 Å². The van der Waals surface area contributed by atoms with Crippen LogP contribution in [-0.2, 0) is 21.4 Å². The second kappa shape index (κ2) is 10.3. The second-order valence-electron chi connectivity index (χ2n) is 7.43. The highest BCUT2D eigenvalue weighted by molar-refractivity contribution is 7.92. The van der Waals surface area contributed by atoms with E-state index in [4.69, 9.17) is 4.74 Å². The van der Waals surface area contributed by atoms with E-state index in [1.807, 2.05) is 45.0 Å². The highest BCUT2D eigenvalue weighted by atomic mass is 32.2. The fourth-order valence-electron chi connectivity index (χ4n) is 3.27. The third-order valence-electron chi connectivity index (χ3n) is 5.07. The van der Waals surface area contributed by atoms with Crippen LogP contribution in [0.25, 0.3) is 0 Å². The van der Waals surface area contributed by atoms with Crippen molar-refractivity contribution in [2.45, 2.75) is 32.2 Å². The second-order valence-corrected chi connectivity index (χ2v) is 9.29. The molecule has 0 bridgehead atoms. The van der Waals surface area contributed by atoms with Crippen molar-refractivity contribution in [3.05, 3.63) is 89.5 Å². The van der Waals surface area contributed by atoms with Crippen LogP contribution in [0.3, 0.4) is 0 Å². The van der Waals surface area contributed by atoms with Crippen LogP contribution in [0.4, 0.5) is 5.69 Å². The number of carbonyl (C=O) groups is 1. The number of aryl methyl sites for hydroxylation is 2. The van der Waals surface area contributed by atoms with Gasteiger partial charge in [0.25, 0.3) is 10.0 Å². The van der Waals surface area contributed by atoms with Crippen molar-refractivity contribution in [1.29, 1.82) is 0 Å². The SMILES string of the molecule is CCOc1ccccc1N(CC(=O)NCc1ccccc1C)S(=O)(=O)c1ccc(C)cc1. The molecule has 32 heavy (non-hydrogen) atoms. The summed E-state index contributed by atoms with van der Waals surface area (Å²) in [5.41, 5.74) is 3.30. The van der Waals surface area contributed by atoms with Crippen molar-refractivity contribution in [3.8, 4) is 5.75 Å². The molecule has 0 radical (unpaired) electrons. The lowest BCUT2D eigenvalue weighted by Gasteiger charge is -2.26. The summed E-state index contributed by atoms with van der Waals surface area (Å²) in [4.78, 5) is 13.0. The molecule has 0 unspecified atom stereocenters. The molecule has 0 aliphatic carbocycles. The van der Waals surface area contributed by atoms with Gasteiger partial charge in [-0.1, -0.05) is 54.1 Å². The first kappa shape index (κ1) is 23.3. The summed E-state index contributed by atoms with van der Waals surface area (Å²) in [7, 11) is -4.01. The van der Waals surface area contributed by atoms with Crippen LogP contribution >= 0.6 is 0 Å². The number of sulfonamides is 1. The number of para-hydroxylation sites is 2. The summed E-state index contributed by atoms with van der Waals surface area (Å²) in [6, 6.07) is 21.1. The third kappa shape index (κ3) is 5.48. The Hall–Kier alpha value is -3.32. The van der Waals surface area contributed by atoms with Crippen molar-refractivity contribution in [3.63, 3.8) is 0 Å². The van der Waals surface area contributed by atoms with Gasteiger partial charge in [-0.2, -0.15) is 0 Å². The zero-order valence-electron chi connectivity index (χ0n) is 18.5. The minimum atomic E-state index is -4.01. The Morgan fingerprint density at radius 3 is 2.28 bits per heavy atom. The van der Waals surface area contributed by atoms with E-state index in [0.717, 1.165) is 21.0 Å². The fraction of sp³-hybridized carbons (Fsp3) is 0.240. The molecule has 0 heterocycles. The molecule has 0 spiro atoms. The topological polar surface area (TPSA) is 75.7 Å². The maximum atomic E-state index is 13.6. The number of hydrogen-bond acceptors (Lipinski definition) is 4. The number of hydrogen-bond donors (Lipinski definition) is 1. The van der Waals surface area contributed by atoms with Gasteiger partial charge >= 0.3 is 0 Å². The number of ether oxygens (including phenoxy) is 1. The Morgan fingerprint density at radius 1 is 0.938 bits per heavy atom. The van der Waals surface area contributed by atoms with Gasteiger partial charge in [-0.3, -0.25) is 9.10 Å². The minimum Gasteiger partial charge on any atom is -0.492 e. The van der Waals surface area contributed by atoms with Gasteiger partial charge in [-0.25, -0.2) is 8.42 Å². The maximum absolute atomic E-state index is 13.6. The predicted molar refractivity (Wildman–Crippen MR) is 126 cm³/mol. The standard InChI is InChI=1S/C25H28N2O4S/c1-4-31-24-12-8-7-11-23(24)27(32(29,30)22-15-13-19(2)14-16-22)18-25(28)26-17-21-10-6-5-9-20(21)3/h5-16H,4,17-18H2,1-3H3,(H,26,28). The number of carbonyl (C=O) groups excluding carboxylic acids is 1. The first-order valence-electron chi connectivity index (χ1n) is 10.5. The molecule has 6 nitrogen and oxygen atoms in total. The number of benzene rings is 3. The van der Waals surface area contributed by atoms with Crippen molar-refractivity contribution in [2.24, 2.45) is 0 Å². The largest absolute Gasteiger partial charge is 0.492 e. The predicted octanol–water partition coefficient (Wildman–Crippen LogP) is 4.21. The molecule has 7 heteroatoms. The number of amides is 1. The summed E-state index contributed by atoms with van der Waals surface area (Å²) >= 11 is 0. The van der Waals surface area contributed by atoms with Gasteiger partial charge in [0.05, 0.1) is 17.2 Å². The molecule has 0 aromatic heterocycles. The highest BCUT2D eigenvalue weighted by Gasteiger charge is 2.29. The summed E-state index contributed by atoms with van der Waals surface area (Å²) in [6.07, 6.45) is 0. The summed E-state index contributed by atoms with van der Waals surface area (Å²) < 4.78 is 33.9. The number of nitrogens with zero attached hydrogens (tertiary/aromatic N) is 1. The van der Waals surface area contributed by atoms with Gasteiger partial charge in [0.1, 0.15) is 12.3 Å². The van der Waals surface area contributed by atoms with E-state index in [1.165, 1.54) is 0 Å². The molecule has 0 saturated heterocycles. The van der Waals surface area contributed by atoms with E-state index in [9.17, 15) is 13.2 Å². The van der Waals surface area contributed by atoms with Crippen LogP contribution < -0.4 is 14.4 Å². The summed E-state index contributed by atoms with van der Waals surface area (Å²) in [5.74, 6) is -0.00682. The number of rotatable bonds is 9. The molecule has 0 aliphatic heterocycles. The zero-order chi connectivity index (χ0) is 23.1. The molecule has 0 atom stereocenters. The first-order valence-corrected chi connectivity index (χ1v) is 11.9. The van der Waals surface area contributed by atoms with Gasteiger partial charge < -0.3 is 10.1 Å². The van der Waals surface area contributed by atoms with Gasteiger partial charge in [0.2, 0.25) is 5.91 Å². The van der Waals surface area contributed by atoms with Crippen LogP contribution in [0, 0.1) is 13.8 Å². The van der Waals surface area contributed by atoms with E-state index in [1.54, 1.807) is 48.5 Å². The summed E-state index contributed by atoms with van der Waals surface area (Å²) in [5, 5.41) is 2.84. The Kier molecular flexibility index (Phi) is 7.53. The Morgan fingerprint density at radius 2 is 1.59 bits per heavy atom. The molecular weight excluding hydrogens is 424 g/mol. The molecule has 3 aromatic rings. The molecule has 0 aliphatic rings. The summed E-state index contributed by atoms with van der Waals surface area (Å²) in [6.45, 7) is 5.99. The molecule has 0 fully saturated rings. The van der Waals surface area contributed by atoms with Gasteiger partial charge in [-0.15, -0.1) is 0 Å². The molecule has 168 valence electrons. The number of anilines is 1. The van der Waals surface area contributed by atoms with Crippen LogP contribution in [0.2, 0.25) is 0 Å². The quantitative estimate of drug-likeness (QED) is 0.528. The lowest BCUT2D eigenvalue weighted by Crippen LogP contribution is -2.41. The molecule has 1 amide bonds. The fourth-order valence-corrected chi connectivity index (χ4v) is 4.70. The van der Waals surface area contributed by atoms with E-state index >= 15 is 0 Å². The Balaban J connectivity index is 1.93. The van der Waals surface area contributed by atoms with Crippen LogP contribution in [-0.4, -0.2) is 27.5 Å². The van der Waals surface area contributed by atoms with Crippen LogP contribution in [0.5, 0.6) is 5.75 Å². The minimum absolute atomic E-state index is 0.112. The van der Waals surface area contributed by atoms with Crippen molar-refractivity contribution in [2.75, 3.05) is 17.5 Å². The Labute approximate surface area is 189 Å². The highest BCUT2D eigenvalue weighted by Crippen LogP contribution is 2.32. The van der Waals surface area contributed by atoms with Gasteiger partial charge in [0, 0.05) is 6.54 Å². The zero-order valence-corrected chi connectivity index (χ0v) is 19.4. The van der Waals surface area contributed by atoms with Gasteiger partial charge in [0.15, 0.2) is 0 Å². The average molecular weight is 453 g/mol. The van der Waals surface area contributed by atoms with E-state index in [2.05, 4.69) is 5.32 Å². The van der Waals surface area contributed by atoms with Crippen LogP contribution in [0.1, 0.15) is 23.6 Å². The first-order chi connectivity index (χ1) is 15.3. The van der Waals surface area contributed by atoms with E-state index < -0.39 is 15.9 Å². The van der Waals surface area contributed by atoms with Crippen LogP contribution in [0.15, 0.2) is 77.7 Å². The lowest BCUT2D eigenvalue weighted by atomic mass is 10.1. The van der Waals surface area contributed by atoms with E-state index in [-0.39, 0.29) is 11.4 Å². The lowest BCUT2D eigenvalue weighted by molar-refractivity contribution is -0.119. The Bertz CT molecular complexity index is 1170. The normalized spacial score (nSPS) is 11.1. The van der Waals surface area contributed by atoms with Crippen molar-refractivity contribution >= 4 is 21.6 Å². The van der Waals surface area contributed by atoms with E-state index in [0.29, 0.717) is 24.6 Å². The molecular formula is C25H28N2O4S. The molecule has 3 rings (SSSR count). The third-order valence-corrected chi connectivity index (χ3v) is 6.84. The monoisotopic (exact) mass is 452 g/mol. The molecule has 1 N–H and O–H groups in total. The van der Waals surface area contributed by atoms with Crippen molar-refractivity contribution in [1.82, 2.24) is 5.32 Å². The average Bonchev–Trinajstić information content (AvgIpc) is 2.78. The van der Waals surface area contributed by atoms with Crippen molar-refractivity contribution < 1.29 is 17.9 Å². The maximum Gasteiger partial charge on any atom is 0.264 e. The smallest absolute Gasteiger partial charge is 0.264 e. The molecule has 3 aromatic carbocycles. The number of nitrogens with one attached hydrogen (secondary N) is 1.